The van der Waals surface area contributed by atoms with Crippen molar-refractivity contribution in [2.75, 3.05) is 25.5 Å². The lowest BCUT2D eigenvalue weighted by Crippen LogP contribution is -2.47. The van der Waals surface area contributed by atoms with Gasteiger partial charge in [-0.2, -0.15) is 4.31 Å². The molecule has 0 amide bonds. The van der Waals surface area contributed by atoms with Crippen LogP contribution in [0.1, 0.15) is 19.8 Å². The van der Waals surface area contributed by atoms with E-state index in [0.717, 1.165) is 5.69 Å². The van der Waals surface area contributed by atoms with Gasteiger partial charge in [0.25, 0.3) is 0 Å². The van der Waals surface area contributed by atoms with Gasteiger partial charge < -0.3 is 10.0 Å². The number of carbonyl (C=O) groups is 1. The van der Waals surface area contributed by atoms with Gasteiger partial charge in [0, 0.05) is 32.4 Å². The summed E-state index contributed by atoms with van der Waals surface area (Å²) in [5.41, 5.74) is 0.792. The predicted octanol–water partition coefficient (Wildman–Crippen LogP) is 1.63. The monoisotopic (exact) mass is 326 g/mol. The van der Waals surface area contributed by atoms with E-state index in [2.05, 4.69) is 0 Å². The van der Waals surface area contributed by atoms with E-state index in [1.165, 1.54) is 4.31 Å². The van der Waals surface area contributed by atoms with E-state index in [4.69, 9.17) is 5.11 Å². The molecule has 2 rings (SSSR count). The Balaban J connectivity index is 2.36. The molecule has 0 radical (unpaired) electrons. The lowest BCUT2D eigenvalue weighted by Gasteiger charge is -2.35. The summed E-state index contributed by atoms with van der Waals surface area (Å²) >= 11 is 0. The molecule has 122 valence electrons. The van der Waals surface area contributed by atoms with E-state index in [1.807, 2.05) is 32.0 Å². The second-order valence-corrected chi connectivity index (χ2v) is 7.82. The van der Waals surface area contributed by atoms with Crippen LogP contribution in [0.5, 0.6) is 0 Å². The van der Waals surface area contributed by atoms with Crippen LogP contribution in [0, 0.1) is 5.92 Å². The lowest BCUT2D eigenvalue weighted by molar-refractivity contribution is -0.143. The first-order valence-corrected chi connectivity index (χ1v) is 8.69. The summed E-state index contributed by atoms with van der Waals surface area (Å²) in [4.78, 5) is 13.2. The van der Waals surface area contributed by atoms with Crippen LogP contribution < -0.4 is 4.90 Å². The van der Waals surface area contributed by atoms with Crippen molar-refractivity contribution in [1.29, 1.82) is 0 Å². The molecule has 0 saturated carbocycles. The standard InChI is InChI=1S/C15H22N2O4S/c1-11-7-8-12(15(18)19)10-17(11)22(20,21)14-6-4-5-13(9-14)16(2)3/h4-6,9,11-12H,7-8,10H2,1-3H3,(H,18,19). The van der Waals surface area contributed by atoms with Crippen molar-refractivity contribution in [3.05, 3.63) is 24.3 Å². The molecular formula is C15H22N2O4S. The minimum atomic E-state index is -3.69. The van der Waals surface area contributed by atoms with Crippen molar-refractivity contribution in [2.45, 2.75) is 30.7 Å². The summed E-state index contributed by atoms with van der Waals surface area (Å²) in [5, 5.41) is 9.17. The summed E-state index contributed by atoms with van der Waals surface area (Å²) < 4.78 is 27.0. The Hall–Kier alpha value is -1.60. The molecule has 0 spiro atoms. The number of hydrogen-bond donors (Lipinski definition) is 1. The zero-order valence-electron chi connectivity index (χ0n) is 13.1. The highest BCUT2D eigenvalue weighted by Gasteiger charge is 2.37. The first-order valence-electron chi connectivity index (χ1n) is 7.25. The maximum absolute atomic E-state index is 12.9. The molecule has 7 heteroatoms. The summed E-state index contributed by atoms with van der Waals surface area (Å²) in [7, 11) is -0.00441. The summed E-state index contributed by atoms with van der Waals surface area (Å²) in [6.07, 6.45) is 1.07. The second-order valence-electron chi connectivity index (χ2n) is 5.93. The van der Waals surface area contributed by atoms with Gasteiger partial charge in [0.1, 0.15) is 0 Å². The Bertz CT molecular complexity index is 657. The highest BCUT2D eigenvalue weighted by Crippen LogP contribution is 2.29. The van der Waals surface area contributed by atoms with E-state index < -0.39 is 21.9 Å². The third-order valence-corrected chi connectivity index (χ3v) is 6.09. The minimum Gasteiger partial charge on any atom is -0.481 e. The number of sulfonamides is 1. The Morgan fingerprint density at radius 1 is 1.32 bits per heavy atom. The maximum Gasteiger partial charge on any atom is 0.307 e. The number of hydrogen-bond acceptors (Lipinski definition) is 4. The van der Waals surface area contributed by atoms with Crippen molar-refractivity contribution < 1.29 is 18.3 Å². The van der Waals surface area contributed by atoms with Crippen LogP contribution in [0.3, 0.4) is 0 Å². The molecule has 1 aromatic carbocycles. The molecule has 22 heavy (non-hydrogen) atoms. The molecule has 1 saturated heterocycles. The number of carboxylic acids is 1. The minimum absolute atomic E-state index is 0.0328. The number of aliphatic carboxylic acids is 1. The van der Waals surface area contributed by atoms with Crippen LogP contribution in [0.2, 0.25) is 0 Å². The molecular weight excluding hydrogens is 304 g/mol. The molecule has 0 aromatic heterocycles. The van der Waals surface area contributed by atoms with Gasteiger partial charge in [-0.05, 0) is 38.0 Å². The van der Waals surface area contributed by atoms with Crippen LogP contribution in [0.15, 0.2) is 29.2 Å². The van der Waals surface area contributed by atoms with Crippen LogP contribution in [0.25, 0.3) is 0 Å². The molecule has 1 aliphatic heterocycles. The van der Waals surface area contributed by atoms with Crippen LogP contribution in [0.4, 0.5) is 5.69 Å². The number of rotatable bonds is 4. The summed E-state index contributed by atoms with van der Waals surface area (Å²) in [6, 6.07) is 6.51. The van der Waals surface area contributed by atoms with Gasteiger partial charge in [-0.25, -0.2) is 8.42 Å². The van der Waals surface area contributed by atoms with Gasteiger partial charge >= 0.3 is 5.97 Å². The number of carboxylic acid groups (broad SMARTS) is 1. The van der Waals surface area contributed by atoms with Crippen LogP contribution >= 0.6 is 0 Å². The normalized spacial score (nSPS) is 23.2. The number of benzene rings is 1. The average molecular weight is 326 g/mol. The van der Waals surface area contributed by atoms with Crippen LogP contribution in [-0.4, -0.2) is 50.5 Å². The van der Waals surface area contributed by atoms with E-state index in [0.29, 0.717) is 12.8 Å². The molecule has 1 N–H and O–H groups in total. The van der Waals surface area contributed by atoms with Gasteiger partial charge in [-0.3, -0.25) is 4.79 Å². The Morgan fingerprint density at radius 3 is 2.59 bits per heavy atom. The van der Waals surface area contributed by atoms with Gasteiger partial charge in [0.2, 0.25) is 10.0 Å². The largest absolute Gasteiger partial charge is 0.481 e. The Labute approximate surface area is 131 Å². The predicted molar refractivity (Wildman–Crippen MR) is 84.5 cm³/mol. The quantitative estimate of drug-likeness (QED) is 0.910. The summed E-state index contributed by atoms with van der Waals surface area (Å²) in [5.74, 6) is -1.57. The van der Waals surface area contributed by atoms with Crippen LogP contribution in [-0.2, 0) is 14.8 Å². The van der Waals surface area contributed by atoms with Gasteiger partial charge in [-0.15, -0.1) is 0 Å². The Morgan fingerprint density at radius 2 is 2.00 bits per heavy atom. The number of piperidine rings is 1. The third-order valence-electron chi connectivity index (χ3n) is 4.11. The molecule has 0 bridgehead atoms. The lowest BCUT2D eigenvalue weighted by atomic mass is 9.96. The fourth-order valence-electron chi connectivity index (χ4n) is 2.67. The molecule has 2 atom stereocenters. The highest BCUT2D eigenvalue weighted by molar-refractivity contribution is 7.89. The summed E-state index contributed by atoms with van der Waals surface area (Å²) in [6.45, 7) is 1.86. The Kier molecular flexibility index (Phi) is 4.77. The fourth-order valence-corrected chi connectivity index (χ4v) is 4.42. The maximum atomic E-state index is 12.9. The average Bonchev–Trinajstić information content (AvgIpc) is 2.47. The number of nitrogens with zero attached hydrogens (tertiary/aromatic N) is 2. The first-order chi connectivity index (χ1) is 10.2. The topological polar surface area (TPSA) is 77.9 Å². The van der Waals surface area contributed by atoms with Crippen molar-refractivity contribution >= 4 is 21.7 Å². The zero-order valence-corrected chi connectivity index (χ0v) is 13.9. The molecule has 1 heterocycles. The van der Waals surface area contributed by atoms with E-state index in [-0.39, 0.29) is 17.5 Å². The van der Waals surface area contributed by atoms with E-state index in [9.17, 15) is 13.2 Å². The molecule has 1 aliphatic rings. The van der Waals surface area contributed by atoms with Crippen molar-refractivity contribution in [3.63, 3.8) is 0 Å². The first kappa shape index (κ1) is 16.8. The second kappa shape index (κ2) is 6.26. The van der Waals surface area contributed by atoms with Gasteiger partial charge in [0.15, 0.2) is 0 Å². The number of anilines is 1. The van der Waals surface area contributed by atoms with Gasteiger partial charge in [0.05, 0.1) is 10.8 Å². The molecule has 2 unspecified atom stereocenters. The van der Waals surface area contributed by atoms with Crippen molar-refractivity contribution in [2.24, 2.45) is 5.92 Å². The third kappa shape index (κ3) is 3.25. The highest BCUT2D eigenvalue weighted by atomic mass is 32.2. The molecule has 1 fully saturated rings. The van der Waals surface area contributed by atoms with Crippen molar-refractivity contribution in [3.8, 4) is 0 Å². The smallest absolute Gasteiger partial charge is 0.307 e. The molecule has 1 aromatic rings. The molecule has 0 aliphatic carbocycles. The molecule has 6 nitrogen and oxygen atoms in total. The van der Waals surface area contributed by atoms with Gasteiger partial charge in [-0.1, -0.05) is 6.07 Å². The fraction of sp³-hybridized carbons (Fsp3) is 0.533. The van der Waals surface area contributed by atoms with E-state index in [1.54, 1.807) is 18.2 Å². The SMILES string of the molecule is CC1CCC(C(=O)O)CN1S(=O)(=O)c1cccc(N(C)C)c1. The van der Waals surface area contributed by atoms with E-state index >= 15 is 0 Å². The van der Waals surface area contributed by atoms with Crippen molar-refractivity contribution in [1.82, 2.24) is 4.31 Å². The zero-order chi connectivity index (χ0) is 16.5.